The highest BCUT2D eigenvalue weighted by atomic mass is 35.5. The van der Waals surface area contributed by atoms with E-state index in [0.717, 1.165) is 30.6 Å². The van der Waals surface area contributed by atoms with Gasteiger partial charge in [0.05, 0.1) is 18.3 Å². The van der Waals surface area contributed by atoms with Crippen molar-refractivity contribution in [3.8, 4) is 11.4 Å². The van der Waals surface area contributed by atoms with Crippen LogP contribution in [0.4, 0.5) is 0 Å². The number of primary amides is 1. The van der Waals surface area contributed by atoms with Gasteiger partial charge in [-0.1, -0.05) is 11.6 Å². The summed E-state index contributed by atoms with van der Waals surface area (Å²) in [7, 11) is 0. The van der Waals surface area contributed by atoms with Crippen molar-refractivity contribution < 1.29 is 4.79 Å². The molecule has 1 aromatic heterocycles. The van der Waals surface area contributed by atoms with E-state index in [-0.39, 0.29) is 18.5 Å². The lowest BCUT2D eigenvalue weighted by atomic mass is 10.1. The monoisotopic (exact) mass is 316 g/mol. The number of carbonyl (C=O) groups excluding carboxylic acids is 1. The first-order valence-corrected chi connectivity index (χ1v) is 7.62. The summed E-state index contributed by atoms with van der Waals surface area (Å²) in [5, 5.41) is 0.684. The molecule has 5 nitrogen and oxygen atoms in total. The summed E-state index contributed by atoms with van der Waals surface area (Å²) in [5.41, 5.74) is 7.17. The third-order valence-electron chi connectivity index (χ3n) is 3.84. The number of nitrogens with zero attached hydrogens (tertiary/aromatic N) is 3. The molecule has 1 fully saturated rings. The van der Waals surface area contributed by atoms with Crippen LogP contribution in [-0.2, 0) is 4.79 Å². The highest BCUT2D eigenvalue weighted by molar-refractivity contribution is 6.30. The number of hydrogen-bond donors (Lipinski definition) is 1. The Kier molecular flexibility index (Phi) is 4.36. The molecule has 1 aliphatic heterocycles. The van der Waals surface area contributed by atoms with Crippen LogP contribution >= 0.6 is 11.6 Å². The summed E-state index contributed by atoms with van der Waals surface area (Å²) in [4.78, 5) is 22.3. The van der Waals surface area contributed by atoms with Crippen molar-refractivity contribution in [3.05, 3.63) is 47.2 Å². The van der Waals surface area contributed by atoms with Crippen molar-refractivity contribution in [1.82, 2.24) is 14.9 Å². The molecular weight excluding hydrogens is 300 g/mol. The zero-order valence-electron chi connectivity index (χ0n) is 12.1. The van der Waals surface area contributed by atoms with E-state index in [4.69, 9.17) is 17.3 Å². The molecule has 0 aliphatic carbocycles. The van der Waals surface area contributed by atoms with Gasteiger partial charge in [0, 0.05) is 16.8 Å². The maximum Gasteiger partial charge on any atom is 0.231 e. The molecule has 2 aromatic rings. The molecular formula is C16H17ClN4O. The number of carbonyl (C=O) groups is 1. The van der Waals surface area contributed by atoms with Crippen LogP contribution in [0.3, 0.4) is 0 Å². The Morgan fingerprint density at radius 2 is 2.09 bits per heavy atom. The number of rotatable bonds is 4. The molecule has 1 atom stereocenters. The van der Waals surface area contributed by atoms with Gasteiger partial charge in [-0.2, -0.15) is 0 Å². The molecule has 1 amide bonds. The van der Waals surface area contributed by atoms with Gasteiger partial charge in [0.25, 0.3) is 0 Å². The van der Waals surface area contributed by atoms with Gasteiger partial charge in [0.1, 0.15) is 0 Å². The van der Waals surface area contributed by atoms with E-state index in [1.807, 2.05) is 30.3 Å². The third-order valence-corrected chi connectivity index (χ3v) is 4.10. The maximum absolute atomic E-state index is 11.2. The second-order valence-corrected chi connectivity index (χ2v) is 5.84. The summed E-state index contributed by atoms with van der Waals surface area (Å²) in [6.07, 6.45) is 3.77. The highest BCUT2D eigenvalue weighted by Crippen LogP contribution is 2.31. The average molecular weight is 317 g/mol. The van der Waals surface area contributed by atoms with Gasteiger partial charge in [-0.25, -0.2) is 9.97 Å². The van der Waals surface area contributed by atoms with Crippen LogP contribution in [0.5, 0.6) is 0 Å². The minimum atomic E-state index is -0.307. The van der Waals surface area contributed by atoms with E-state index in [0.29, 0.717) is 10.8 Å². The Morgan fingerprint density at radius 3 is 2.82 bits per heavy atom. The fourth-order valence-electron chi connectivity index (χ4n) is 2.85. The molecule has 2 heterocycles. The molecule has 0 radical (unpaired) electrons. The molecule has 0 spiro atoms. The lowest BCUT2D eigenvalue weighted by Gasteiger charge is -2.22. The number of amides is 1. The summed E-state index contributed by atoms with van der Waals surface area (Å²) in [5.74, 6) is 0.360. The van der Waals surface area contributed by atoms with Gasteiger partial charge in [-0.15, -0.1) is 0 Å². The molecule has 6 heteroatoms. The number of aromatic nitrogens is 2. The van der Waals surface area contributed by atoms with Gasteiger partial charge >= 0.3 is 0 Å². The van der Waals surface area contributed by atoms with E-state index in [2.05, 4.69) is 14.9 Å². The first-order chi connectivity index (χ1) is 10.6. The molecule has 0 bridgehead atoms. The summed E-state index contributed by atoms with van der Waals surface area (Å²) >= 11 is 5.91. The van der Waals surface area contributed by atoms with Crippen molar-refractivity contribution in [2.75, 3.05) is 13.1 Å². The summed E-state index contributed by atoms with van der Waals surface area (Å²) in [6, 6.07) is 9.48. The number of benzene rings is 1. The van der Waals surface area contributed by atoms with Gasteiger partial charge < -0.3 is 5.73 Å². The zero-order chi connectivity index (χ0) is 15.5. The Labute approximate surface area is 134 Å². The van der Waals surface area contributed by atoms with Gasteiger partial charge in [0.15, 0.2) is 5.82 Å². The zero-order valence-corrected chi connectivity index (χ0v) is 12.8. The standard InChI is InChI=1S/C16H17ClN4O/c17-12-5-3-11(4-6-12)16-19-8-7-13(20-16)14-2-1-9-21(14)10-15(18)22/h3-8,14H,1-2,9-10H2,(H2,18,22). The molecule has 1 aromatic carbocycles. The van der Waals surface area contributed by atoms with E-state index >= 15 is 0 Å². The number of nitrogens with two attached hydrogens (primary N) is 1. The second kappa shape index (κ2) is 6.42. The van der Waals surface area contributed by atoms with Crippen LogP contribution in [0.15, 0.2) is 36.5 Å². The fraction of sp³-hybridized carbons (Fsp3) is 0.312. The first-order valence-electron chi connectivity index (χ1n) is 7.25. The molecule has 2 N–H and O–H groups in total. The van der Waals surface area contributed by atoms with Crippen LogP contribution < -0.4 is 5.73 Å². The average Bonchev–Trinajstić information content (AvgIpc) is 2.95. The van der Waals surface area contributed by atoms with Crippen LogP contribution in [0.1, 0.15) is 24.6 Å². The van der Waals surface area contributed by atoms with Crippen molar-refractivity contribution in [1.29, 1.82) is 0 Å². The van der Waals surface area contributed by atoms with Crippen molar-refractivity contribution in [3.63, 3.8) is 0 Å². The van der Waals surface area contributed by atoms with Crippen LogP contribution in [0, 0.1) is 0 Å². The molecule has 114 valence electrons. The molecule has 1 aliphatic rings. The molecule has 1 saturated heterocycles. The minimum Gasteiger partial charge on any atom is -0.369 e. The SMILES string of the molecule is NC(=O)CN1CCCC1c1ccnc(-c2ccc(Cl)cc2)n1. The van der Waals surface area contributed by atoms with Gasteiger partial charge in [-0.05, 0) is 49.7 Å². The lowest BCUT2D eigenvalue weighted by Crippen LogP contribution is -2.33. The largest absolute Gasteiger partial charge is 0.369 e. The smallest absolute Gasteiger partial charge is 0.231 e. The molecule has 22 heavy (non-hydrogen) atoms. The van der Waals surface area contributed by atoms with Gasteiger partial charge in [0.2, 0.25) is 5.91 Å². The predicted molar refractivity (Wildman–Crippen MR) is 85.2 cm³/mol. The quantitative estimate of drug-likeness (QED) is 0.940. The normalized spacial score (nSPS) is 18.5. The lowest BCUT2D eigenvalue weighted by molar-refractivity contribution is -0.119. The third kappa shape index (κ3) is 3.26. The Morgan fingerprint density at radius 1 is 1.32 bits per heavy atom. The van der Waals surface area contributed by atoms with E-state index < -0.39 is 0 Å². The molecule has 3 rings (SSSR count). The number of likely N-dealkylation sites (tertiary alicyclic amines) is 1. The Hall–Kier alpha value is -1.98. The summed E-state index contributed by atoms with van der Waals surface area (Å²) in [6.45, 7) is 1.14. The maximum atomic E-state index is 11.2. The van der Waals surface area contributed by atoms with E-state index in [1.165, 1.54) is 0 Å². The van der Waals surface area contributed by atoms with Gasteiger partial charge in [-0.3, -0.25) is 9.69 Å². The topological polar surface area (TPSA) is 72.1 Å². The number of hydrogen-bond acceptors (Lipinski definition) is 4. The van der Waals surface area contributed by atoms with E-state index in [9.17, 15) is 4.79 Å². The van der Waals surface area contributed by atoms with Crippen LogP contribution in [0.2, 0.25) is 5.02 Å². The number of halogens is 1. The van der Waals surface area contributed by atoms with Crippen molar-refractivity contribution in [2.45, 2.75) is 18.9 Å². The molecule has 1 unspecified atom stereocenters. The van der Waals surface area contributed by atoms with Crippen LogP contribution in [-0.4, -0.2) is 33.9 Å². The van der Waals surface area contributed by atoms with Crippen LogP contribution in [0.25, 0.3) is 11.4 Å². The predicted octanol–water partition coefficient (Wildman–Crippen LogP) is 2.42. The molecule has 0 saturated carbocycles. The minimum absolute atomic E-state index is 0.126. The Balaban J connectivity index is 1.87. The second-order valence-electron chi connectivity index (χ2n) is 5.41. The fourth-order valence-corrected chi connectivity index (χ4v) is 2.97. The first kappa shape index (κ1) is 14.9. The highest BCUT2D eigenvalue weighted by Gasteiger charge is 2.28. The van der Waals surface area contributed by atoms with E-state index in [1.54, 1.807) is 6.20 Å². The van der Waals surface area contributed by atoms with Crippen molar-refractivity contribution >= 4 is 17.5 Å². The van der Waals surface area contributed by atoms with Crippen molar-refractivity contribution in [2.24, 2.45) is 5.73 Å². The Bertz CT molecular complexity index is 674. The summed E-state index contributed by atoms with van der Waals surface area (Å²) < 4.78 is 0.